The summed E-state index contributed by atoms with van der Waals surface area (Å²) in [6.07, 6.45) is 5.55. The number of likely N-dealkylation sites (tertiary alicyclic amines) is 1. The SMILES string of the molecule is COCC(=O)N1CCCC1c1nc2ccc(-c3ccc(-c4ccc(B5OC(C)(C)C(C)(C)O5)c5ccccc45)c4c3CC3CCC43)cc2[nH]1. The van der Waals surface area contributed by atoms with Crippen molar-refractivity contribution < 1.29 is 18.8 Å². The average molecular weight is 654 g/mol. The molecule has 4 aromatic carbocycles. The first-order chi connectivity index (χ1) is 23.6. The van der Waals surface area contributed by atoms with Gasteiger partial charge in [0.2, 0.25) is 5.91 Å². The number of H-pyrrole nitrogens is 1. The number of methoxy groups -OCH3 is 1. The zero-order valence-corrected chi connectivity index (χ0v) is 29.1. The van der Waals surface area contributed by atoms with Crippen LogP contribution in [-0.2, 0) is 25.3 Å². The van der Waals surface area contributed by atoms with E-state index in [4.69, 9.17) is 19.0 Å². The van der Waals surface area contributed by atoms with Crippen LogP contribution in [0.1, 0.15) is 82.3 Å². The molecule has 2 aliphatic carbocycles. The maximum absolute atomic E-state index is 12.7. The van der Waals surface area contributed by atoms with Crippen LogP contribution in [0.4, 0.5) is 0 Å². The average Bonchev–Trinajstić information content (AvgIpc) is 3.82. The van der Waals surface area contributed by atoms with Crippen molar-refractivity contribution in [3.63, 3.8) is 0 Å². The number of aromatic nitrogens is 2. The number of carbonyl (C=O) groups excluding carboxylic acids is 1. The Kier molecular flexibility index (Phi) is 7.14. The Labute approximate surface area is 288 Å². The van der Waals surface area contributed by atoms with Gasteiger partial charge in [-0.25, -0.2) is 4.98 Å². The van der Waals surface area contributed by atoms with Gasteiger partial charge in [0, 0.05) is 13.7 Å². The molecule has 9 rings (SSSR count). The molecule has 8 heteroatoms. The molecule has 1 aromatic heterocycles. The molecule has 250 valence electrons. The number of hydrogen-bond acceptors (Lipinski definition) is 5. The monoisotopic (exact) mass is 653 g/mol. The van der Waals surface area contributed by atoms with Crippen LogP contribution < -0.4 is 5.46 Å². The van der Waals surface area contributed by atoms with Gasteiger partial charge in [-0.15, -0.1) is 0 Å². The number of ether oxygens (including phenoxy) is 1. The zero-order chi connectivity index (χ0) is 33.7. The number of hydrogen-bond donors (Lipinski definition) is 1. The van der Waals surface area contributed by atoms with Crippen LogP contribution in [-0.4, -0.2) is 59.4 Å². The van der Waals surface area contributed by atoms with Gasteiger partial charge in [-0.05, 0) is 133 Å². The summed E-state index contributed by atoms with van der Waals surface area (Å²) in [7, 11) is 1.16. The molecule has 0 bridgehead atoms. The van der Waals surface area contributed by atoms with Crippen molar-refractivity contribution in [1.82, 2.24) is 14.9 Å². The van der Waals surface area contributed by atoms with Crippen molar-refractivity contribution in [2.24, 2.45) is 5.92 Å². The Hall–Kier alpha value is -3.98. The van der Waals surface area contributed by atoms with Crippen LogP contribution in [0.3, 0.4) is 0 Å². The summed E-state index contributed by atoms with van der Waals surface area (Å²) in [5, 5.41) is 2.42. The highest BCUT2D eigenvalue weighted by molar-refractivity contribution is 6.65. The van der Waals surface area contributed by atoms with Gasteiger partial charge in [0.1, 0.15) is 12.4 Å². The fourth-order valence-electron chi connectivity index (χ4n) is 8.91. The highest BCUT2D eigenvalue weighted by atomic mass is 16.7. The Morgan fingerprint density at radius 1 is 0.939 bits per heavy atom. The zero-order valence-electron chi connectivity index (χ0n) is 29.1. The fourth-order valence-corrected chi connectivity index (χ4v) is 8.91. The topological polar surface area (TPSA) is 76.7 Å². The lowest BCUT2D eigenvalue weighted by atomic mass is 9.72. The summed E-state index contributed by atoms with van der Waals surface area (Å²) >= 11 is 0. The van der Waals surface area contributed by atoms with Gasteiger partial charge in [-0.1, -0.05) is 54.6 Å². The molecule has 7 nitrogen and oxygen atoms in total. The number of rotatable bonds is 6. The predicted octanol–water partition coefficient (Wildman–Crippen LogP) is 7.71. The smallest absolute Gasteiger partial charge is 0.399 e. The van der Waals surface area contributed by atoms with Gasteiger partial charge in [-0.2, -0.15) is 0 Å². The minimum absolute atomic E-state index is 0.0203. The van der Waals surface area contributed by atoms with E-state index < -0.39 is 18.3 Å². The minimum atomic E-state index is -0.409. The summed E-state index contributed by atoms with van der Waals surface area (Å²) in [5.74, 6) is 2.20. The number of imidazole rings is 1. The molecule has 0 radical (unpaired) electrons. The number of nitrogens with zero attached hydrogens (tertiary/aromatic N) is 2. The molecule has 3 atom stereocenters. The van der Waals surface area contributed by atoms with E-state index in [1.54, 1.807) is 7.11 Å². The molecule has 5 aromatic rings. The Bertz CT molecular complexity index is 2120. The summed E-state index contributed by atoms with van der Waals surface area (Å²) in [5.41, 5.74) is 10.5. The van der Waals surface area contributed by atoms with Crippen molar-refractivity contribution in [3.05, 3.63) is 83.7 Å². The van der Waals surface area contributed by atoms with Crippen LogP contribution in [0.25, 0.3) is 44.1 Å². The maximum atomic E-state index is 12.7. The number of aromatic amines is 1. The quantitative estimate of drug-likeness (QED) is 0.190. The van der Waals surface area contributed by atoms with E-state index in [0.717, 1.165) is 48.1 Å². The predicted molar refractivity (Wildman–Crippen MR) is 195 cm³/mol. The number of amides is 1. The second-order valence-corrected chi connectivity index (χ2v) is 15.6. The molecule has 1 saturated carbocycles. The second kappa shape index (κ2) is 11.3. The van der Waals surface area contributed by atoms with Crippen molar-refractivity contribution in [1.29, 1.82) is 0 Å². The van der Waals surface area contributed by atoms with Crippen LogP contribution in [0.5, 0.6) is 0 Å². The molecule has 49 heavy (non-hydrogen) atoms. The summed E-state index contributed by atoms with van der Waals surface area (Å²) < 4.78 is 18.2. The highest BCUT2D eigenvalue weighted by Crippen LogP contribution is 2.56. The van der Waals surface area contributed by atoms with Gasteiger partial charge >= 0.3 is 7.12 Å². The first-order valence-electron chi connectivity index (χ1n) is 18.0. The van der Waals surface area contributed by atoms with Crippen LogP contribution in [0.2, 0.25) is 0 Å². The molecule has 3 unspecified atom stereocenters. The van der Waals surface area contributed by atoms with E-state index in [2.05, 4.69) is 99.4 Å². The molecule has 1 N–H and O–H groups in total. The van der Waals surface area contributed by atoms with Gasteiger partial charge in [-0.3, -0.25) is 4.79 Å². The molecule has 0 spiro atoms. The molecule has 3 heterocycles. The van der Waals surface area contributed by atoms with Crippen molar-refractivity contribution in [3.8, 4) is 22.3 Å². The van der Waals surface area contributed by atoms with E-state index in [9.17, 15) is 4.79 Å². The lowest BCUT2D eigenvalue weighted by molar-refractivity contribution is -0.136. The normalized spacial score (nSPS) is 23.7. The van der Waals surface area contributed by atoms with Gasteiger partial charge < -0.3 is 23.9 Å². The molecule has 2 saturated heterocycles. The molecular formula is C41H44BN3O4. The second-order valence-electron chi connectivity index (χ2n) is 15.6. The van der Waals surface area contributed by atoms with E-state index >= 15 is 0 Å². The summed E-state index contributed by atoms with van der Waals surface area (Å²) in [4.78, 5) is 23.2. The third-order valence-electron chi connectivity index (χ3n) is 12.3. The molecule has 1 amide bonds. The largest absolute Gasteiger partial charge is 0.495 e. The van der Waals surface area contributed by atoms with Crippen molar-refractivity contribution in [2.75, 3.05) is 20.3 Å². The Balaban J connectivity index is 1.11. The van der Waals surface area contributed by atoms with E-state index in [1.807, 2.05) is 4.90 Å². The van der Waals surface area contributed by atoms with Gasteiger partial charge in [0.25, 0.3) is 0 Å². The molecule has 4 aliphatic rings. The fraction of sp³-hybridized carbons (Fsp3) is 0.415. The summed E-state index contributed by atoms with van der Waals surface area (Å²) in [6, 6.07) is 24.5. The number of nitrogens with one attached hydrogen (secondary N) is 1. The number of benzene rings is 4. The van der Waals surface area contributed by atoms with Crippen LogP contribution in [0.15, 0.2) is 66.7 Å². The lowest BCUT2D eigenvalue weighted by Crippen LogP contribution is -2.41. The standard InChI is InChI=1S/C41H44BN3O4/c1-40(2)41(3,4)49-42(48-40)33-18-17-29(28-9-6-7-10-30(28)33)31-16-15-26(32-21-24-12-14-27(24)38(31)32)25-13-19-34-35(22-25)44-39(43-34)36-11-8-20-45(36)37(46)23-47-5/h6-7,9-10,13,15-19,22,24,27,36H,8,11-12,14,20-21,23H2,1-5H3,(H,43,44). The van der Waals surface area contributed by atoms with Crippen LogP contribution in [0, 0.1) is 5.92 Å². The van der Waals surface area contributed by atoms with Crippen LogP contribution >= 0.6 is 0 Å². The highest BCUT2D eigenvalue weighted by Gasteiger charge is 2.52. The maximum Gasteiger partial charge on any atom is 0.495 e. The molecule has 3 fully saturated rings. The van der Waals surface area contributed by atoms with Crippen molar-refractivity contribution in [2.45, 2.75) is 83.0 Å². The first kappa shape index (κ1) is 31.0. The summed E-state index contributed by atoms with van der Waals surface area (Å²) in [6.45, 7) is 9.30. The van der Waals surface area contributed by atoms with Crippen molar-refractivity contribution >= 4 is 40.3 Å². The third kappa shape index (κ3) is 4.82. The Morgan fingerprint density at radius 3 is 2.45 bits per heavy atom. The molecule has 2 aliphatic heterocycles. The van der Waals surface area contributed by atoms with Gasteiger partial charge in [0.15, 0.2) is 0 Å². The Morgan fingerprint density at radius 2 is 1.69 bits per heavy atom. The lowest BCUT2D eigenvalue weighted by Gasteiger charge is -2.32. The first-order valence-corrected chi connectivity index (χ1v) is 18.0. The number of fused-ring (bicyclic) bond motifs is 5. The van der Waals surface area contributed by atoms with Gasteiger partial charge in [0.05, 0.1) is 28.3 Å². The number of carbonyl (C=O) groups is 1. The third-order valence-corrected chi connectivity index (χ3v) is 12.3. The van der Waals surface area contributed by atoms with E-state index in [1.165, 1.54) is 57.0 Å². The van der Waals surface area contributed by atoms with E-state index in [0.29, 0.717) is 11.8 Å². The minimum Gasteiger partial charge on any atom is -0.399 e. The van der Waals surface area contributed by atoms with E-state index in [-0.39, 0.29) is 18.6 Å². The molecular weight excluding hydrogens is 609 g/mol.